The minimum Gasteiger partial charge on any atom is -0.337 e. The van der Waals surface area contributed by atoms with Crippen molar-refractivity contribution in [1.82, 2.24) is 15.2 Å². The first kappa shape index (κ1) is 14.7. The van der Waals surface area contributed by atoms with E-state index >= 15 is 0 Å². The van der Waals surface area contributed by atoms with E-state index in [0.717, 1.165) is 5.95 Å². The fraction of sp³-hybridized carbons (Fsp3) is 0.400. The lowest BCUT2D eigenvalue weighted by atomic mass is 10.3. The van der Waals surface area contributed by atoms with Crippen molar-refractivity contribution >= 4 is 19.9 Å². The third-order valence-electron chi connectivity index (χ3n) is 4.13. The monoisotopic (exact) mass is 286 g/mol. The first-order valence-corrected chi connectivity index (χ1v) is 9.83. The number of anilines is 2. The fourth-order valence-electron chi connectivity index (χ4n) is 2.75. The van der Waals surface area contributed by atoms with Crippen molar-refractivity contribution in [2.24, 2.45) is 0 Å². The quantitative estimate of drug-likeness (QED) is 0.752. The van der Waals surface area contributed by atoms with Crippen LogP contribution in [0.2, 0.25) is 18.1 Å². The lowest BCUT2D eigenvalue weighted by molar-refractivity contribution is 0.937. The Kier molecular flexibility index (Phi) is 4.84. The van der Waals surface area contributed by atoms with E-state index in [9.17, 15) is 0 Å². The molecule has 0 saturated carbocycles. The summed E-state index contributed by atoms with van der Waals surface area (Å²) in [6.45, 7) is 6.85. The summed E-state index contributed by atoms with van der Waals surface area (Å²) in [7, 11) is -1.66. The molecule has 0 saturated heterocycles. The number of hydrogen-bond donors (Lipinski definition) is 0. The van der Waals surface area contributed by atoms with E-state index < -0.39 is 8.24 Å². The molecule has 0 fully saturated rings. The lowest BCUT2D eigenvalue weighted by Crippen LogP contribution is -2.50. The Hall–Kier alpha value is -1.75. The average Bonchev–Trinajstić information content (AvgIpc) is 2.54. The Morgan fingerprint density at radius 1 is 0.950 bits per heavy atom. The Morgan fingerprint density at radius 3 is 2.10 bits per heavy atom. The molecule has 0 aliphatic carbocycles. The van der Waals surface area contributed by atoms with Crippen LogP contribution in [0, 0.1) is 0 Å². The van der Waals surface area contributed by atoms with Crippen LogP contribution in [0.1, 0.15) is 20.8 Å². The number of para-hydroxylation sites is 1. The van der Waals surface area contributed by atoms with Gasteiger partial charge in [-0.15, -0.1) is 5.10 Å². The lowest BCUT2D eigenvalue weighted by Gasteiger charge is -2.40. The SMILES string of the molecule is CC[Si](CC)(CC)N(c1ccccc1)c1nccnn1. The van der Waals surface area contributed by atoms with Crippen LogP contribution in [0.3, 0.4) is 0 Å². The van der Waals surface area contributed by atoms with Gasteiger partial charge in [-0.3, -0.25) is 0 Å². The highest BCUT2D eigenvalue weighted by molar-refractivity contribution is 6.84. The summed E-state index contributed by atoms with van der Waals surface area (Å²) in [6, 6.07) is 14.0. The third kappa shape index (κ3) is 2.72. The maximum atomic E-state index is 4.45. The second kappa shape index (κ2) is 6.61. The molecular formula is C15H22N4Si. The van der Waals surface area contributed by atoms with Crippen LogP contribution in [0.4, 0.5) is 11.6 Å². The number of nitrogens with zero attached hydrogens (tertiary/aromatic N) is 4. The van der Waals surface area contributed by atoms with E-state index in [0.29, 0.717) is 0 Å². The first-order chi connectivity index (χ1) is 9.77. The van der Waals surface area contributed by atoms with E-state index in [1.807, 2.05) is 6.07 Å². The van der Waals surface area contributed by atoms with Crippen molar-refractivity contribution in [3.8, 4) is 0 Å². The highest BCUT2D eigenvalue weighted by Crippen LogP contribution is 2.34. The summed E-state index contributed by atoms with van der Waals surface area (Å²) in [4.78, 5) is 4.45. The zero-order valence-electron chi connectivity index (χ0n) is 12.5. The fourth-order valence-corrected chi connectivity index (χ4v) is 6.42. The molecule has 2 aromatic rings. The van der Waals surface area contributed by atoms with E-state index in [-0.39, 0.29) is 0 Å². The molecular weight excluding hydrogens is 264 g/mol. The van der Waals surface area contributed by atoms with Gasteiger partial charge in [0.1, 0.15) is 0 Å². The zero-order chi connectivity index (χ0) is 14.4. The third-order valence-corrected chi connectivity index (χ3v) is 9.49. The largest absolute Gasteiger partial charge is 0.337 e. The maximum absolute atomic E-state index is 4.45. The van der Waals surface area contributed by atoms with Gasteiger partial charge < -0.3 is 4.57 Å². The molecule has 0 radical (unpaired) electrons. The van der Waals surface area contributed by atoms with Gasteiger partial charge in [-0.25, -0.2) is 4.98 Å². The van der Waals surface area contributed by atoms with Crippen molar-refractivity contribution in [1.29, 1.82) is 0 Å². The van der Waals surface area contributed by atoms with Crippen molar-refractivity contribution in [3.05, 3.63) is 42.7 Å². The molecule has 0 amide bonds. The predicted octanol–water partition coefficient (Wildman–Crippen LogP) is 4.01. The van der Waals surface area contributed by atoms with E-state index in [2.05, 4.69) is 64.8 Å². The molecule has 0 aliphatic heterocycles. The summed E-state index contributed by atoms with van der Waals surface area (Å²) in [5, 5.41) is 8.28. The van der Waals surface area contributed by atoms with E-state index in [1.165, 1.54) is 23.8 Å². The summed E-state index contributed by atoms with van der Waals surface area (Å²) in [5.41, 5.74) is 1.18. The topological polar surface area (TPSA) is 41.9 Å². The van der Waals surface area contributed by atoms with Crippen LogP contribution in [0.5, 0.6) is 0 Å². The molecule has 1 aromatic carbocycles. The van der Waals surface area contributed by atoms with Gasteiger partial charge in [0.15, 0.2) is 8.24 Å². The van der Waals surface area contributed by atoms with Crippen LogP contribution < -0.4 is 4.57 Å². The molecule has 0 atom stereocenters. The Labute approximate surface area is 122 Å². The van der Waals surface area contributed by atoms with Gasteiger partial charge in [0.25, 0.3) is 0 Å². The van der Waals surface area contributed by atoms with Gasteiger partial charge in [0.05, 0.1) is 12.4 Å². The molecule has 5 heteroatoms. The molecule has 0 aliphatic rings. The Morgan fingerprint density at radius 2 is 1.60 bits per heavy atom. The minimum absolute atomic E-state index is 0.732. The highest BCUT2D eigenvalue weighted by atomic mass is 28.3. The predicted molar refractivity (Wildman–Crippen MR) is 85.6 cm³/mol. The van der Waals surface area contributed by atoms with Crippen molar-refractivity contribution < 1.29 is 0 Å². The maximum Gasteiger partial charge on any atom is 0.241 e. The molecule has 0 N–H and O–H groups in total. The molecule has 4 nitrogen and oxygen atoms in total. The number of benzene rings is 1. The second-order valence-corrected chi connectivity index (χ2v) is 9.92. The molecule has 1 heterocycles. The van der Waals surface area contributed by atoms with Gasteiger partial charge >= 0.3 is 0 Å². The number of aromatic nitrogens is 3. The minimum atomic E-state index is -1.66. The van der Waals surface area contributed by atoms with Gasteiger partial charge in [-0.05, 0) is 30.3 Å². The summed E-state index contributed by atoms with van der Waals surface area (Å²) < 4.78 is 2.38. The average molecular weight is 286 g/mol. The zero-order valence-corrected chi connectivity index (χ0v) is 13.5. The number of hydrogen-bond acceptors (Lipinski definition) is 4. The highest BCUT2D eigenvalue weighted by Gasteiger charge is 2.37. The molecule has 1 aromatic heterocycles. The van der Waals surface area contributed by atoms with E-state index in [1.54, 1.807) is 12.4 Å². The van der Waals surface area contributed by atoms with Gasteiger partial charge in [0.2, 0.25) is 5.95 Å². The normalized spacial score (nSPS) is 11.3. The van der Waals surface area contributed by atoms with Crippen LogP contribution in [0.25, 0.3) is 0 Å². The first-order valence-electron chi connectivity index (χ1n) is 7.26. The summed E-state index contributed by atoms with van der Waals surface area (Å²) in [5.74, 6) is 0.732. The van der Waals surface area contributed by atoms with Crippen LogP contribution in [-0.2, 0) is 0 Å². The van der Waals surface area contributed by atoms with Crippen LogP contribution in [0.15, 0.2) is 42.7 Å². The van der Waals surface area contributed by atoms with Crippen LogP contribution >= 0.6 is 0 Å². The Bertz CT molecular complexity index is 466. The molecule has 0 spiro atoms. The second-order valence-electron chi connectivity index (χ2n) is 4.90. The van der Waals surface area contributed by atoms with E-state index in [4.69, 9.17) is 0 Å². The molecule has 2 rings (SSSR count). The number of rotatable bonds is 6. The smallest absolute Gasteiger partial charge is 0.241 e. The van der Waals surface area contributed by atoms with Crippen molar-refractivity contribution in [2.45, 2.75) is 38.9 Å². The standard InChI is InChI=1S/C15H22N4Si/c1-4-20(5-2,6-3)19(14-10-8-7-9-11-14)15-16-12-13-17-18-15/h7-13H,4-6H2,1-3H3. The molecule has 106 valence electrons. The van der Waals surface area contributed by atoms with Crippen molar-refractivity contribution in [2.75, 3.05) is 4.57 Å². The van der Waals surface area contributed by atoms with Gasteiger partial charge in [-0.2, -0.15) is 5.10 Å². The molecule has 0 bridgehead atoms. The van der Waals surface area contributed by atoms with Crippen molar-refractivity contribution in [3.63, 3.8) is 0 Å². The van der Waals surface area contributed by atoms with Crippen LogP contribution in [-0.4, -0.2) is 23.4 Å². The Balaban J connectivity index is 2.55. The molecule has 20 heavy (non-hydrogen) atoms. The van der Waals surface area contributed by atoms with Gasteiger partial charge in [-0.1, -0.05) is 39.0 Å². The van der Waals surface area contributed by atoms with Gasteiger partial charge in [0, 0.05) is 5.69 Å². The summed E-state index contributed by atoms with van der Waals surface area (Å²) in [6.07, 6.45) is 3.35. The molecule has 0 unspecified atom stereocenters. The summed E-state index contributed by atoms with van der Waals surface area (Å²) >= 11 is 0.